The number of amides is 1. The summed E-state index contributed by atoms with van der Waals surface area (Å²) in [5, 5.41) is 3.27. The lowest BCUT2D eigenvalue weighted by Crippen LogP contribution is -2.51. The van der Waals surface area contributed by atoms with Gasteiger partial charge in [-0.25, -0.2) is 0 Å². The third-order valence-corrected chi connectivity index (χ3v) is 5.21. The van der Waals surface area contributed by atoms with E-state index in [0.29, 0.717) is 12.0 Å². The first-order chi connectivity index (χ1) is 8.42. The number of rotatable bonds is 2. The predicted molar refractivity (Wildman–Crippen MR) is 74.0 cm³/mol. The van der Waals surface area contributed by atoms with E-state index in [9.17, 15) is 4.79 Å². The summed E-state index contributed by atoms with van der Waals surface area (Å²) in [5.74, 6) is 0.713. The summed E-state index contributed by atoms with van der Waals surface area (Å²) >= 11 is 0. The average Bonchev–Trinajstić information content (AvgIpc) is 2.62. The predicted octanol–water partition coefficient (Wildman–Crippen LogP) is 2.44. The van der Waals surface area contributed by atoms with Gasteiger partial charge in [0.1, 0.15) is 0 Å². The molecule has 2 saturated carbocycles. The molecule has 104 valence electrons. The van der Waals surface area contributed by atoms with Crippen molar-refractivity contribution in [3.8, 4) is 0 Å². The van der Waals surface area contributed by atoms with E-state index in [0.717, 1.165) is 19.3 Å². The molecule has 0 aromatic carbocycles. The molecule has 0 radical (unpaired) electrons. The van der Waals surface area contributed by atoms with Crippen molar-refractivity contribution in [1.82, 2.24) is 5.32 Å². The highest BCUT2D eigenvalue weighted by molar-refractivity contribution is 5.80. The molecule has 2 aliphatic rings. The molecule has 0 saturated heterocycles. The molecule has 0 aromatic heterocycles. The van der Waals surface area contributed by atoms with Crippen molar-refractivity contribution in [2.24, 2.45) is 23.0 Å². The highest BCUT2D eigenvalue weighted by atomic mass is 16.2. The summed E-state index contributed by atoms with van der Waals surface area (Å²) in [7, 11) is 0. The molecular weight excluding hydrogens is 224 g/mol. The minimum absolute atomic E-state index is 0.0325. The molecule has 0 aliphatic heterocycles. The van der Waals surface area contributed by atoms with Gasteiger partial charge in [-0.15, -0.1) is 0 Å². The van der Waals surface area contributed by atoms with Crippen LogP contribution in [0.15, 0.2) is 0 Å². The first-order valence-electron chi connectivity index (χ1n) is 7.48. The maximum Gasteiger partial charge on any atom is 0.224 e. The van der Waals surface area contributed by atoms with Crippen LogP contribution >= 0.6 is 0 Å². The lowest BCUT2D eigenvalue weighted by Gasteiger charge is -2.35. The molecule has 3 heteroatoms. The minimum Gasteiger partial charge on any atom is -0.353 e. The average molecular weight is 252 g/mol. The number of hydrogen-bond donors (Lipinski definition) is 2. The number of carbonyl (C=O) groups excluding carboxylic acids is 1. The van der Waals surface area contributed by atoms with Gasteiger partial charge in [0.2, 0.25) is 5.91 Å². The molecule has 2 rings (SSSR count). The fourth-order valence-corrected chi connectivity index (χ4v) is 3.62. The van der Waals surface area contributed by atoms with Crippen LogP contribution in [-0.4, -0.2) is 18.0 Å². The summed E-state index contributed by atoms with van der Waals surface area (Å²) in [5.41, 5.74) is 6.45. The van der Waals surface area contributed by atoms with Crippen LogP contribution in [0.25, 0.3) is 0 Å². The third-order valence-electron chi connectivity index (χ3n) is 5.21. The molecule has 4 unspecified atom stereocenters. The second-order valence-corrected chi connectivity index (χ2v) is 7.03. The van der Waals surface area contributed by atoms with E-state index in [1.165, 1.54) is 19.3 Å². The van der Waals surface area contributed by atoms with Crippen molar-refractivity contribution >= 4 is 5.91 Å². The number of nitrogens with one attached hydrogen (secondary N) is 1. The molecule has 0 heterocycles. The Bertz CT molecular complexity index is 314. The SMILES string of the molecule is CC1CCCC(C(=O)NC2CCCC2(C)C)C1N. The zero-order chi connectivity index (χ0) is 13.3. The number of hydrogen-bond acceptors (Lipinski definition) is 2. The van der Waals surface area contributed by atoms with Crippen LogP contribution < -0.4 is 11.1 Å². The van der Waals surface area contributed by atoms with E-state index in [1.54, 1.807) is 0 Å². The molecule has 0 aromatic rings. The van der Waals surface area contributed by atoms with E-state index in [2.05, 4.69) is 26.1 Å². The Hall–Kier alpha value is -0.570. The van der Waals surface area contributed by atoms with Crippen molar-refractivity contribution < 1.29 is 4.79 Å². The van der Waals surface area contributed by atoms with Gasteiger partial charge in [-0.05, 0) is 37.0 Å². The van der Waals surface area contributed by atoms with E-state index < -0.39 is 0 Å². The Morgan fingerprint density at radius 3 is 2.56 bits per heavy atom. The van der Waals surface area contributed by atoms with Crippen LogP contribution in [0.1, 0.15) is 59.3 Å². The molecule has 0 bridgehead atoms. The van der Waals surface area contributed by atoms with Gasteiger partial charge in [-0.1, -0.05) is 33.6 Å². The first-order valence-corrected chi connectivity index (χ1v) is 7.48. The lowest BCUT2D eigenvalue weighted by molar-refractivity contribution is -0.128. The number of carbonyl (C=O) groups is 1. The highest BCUT2D eigenvalue weighted by Gasteiger charge is 2.38. The zero-order valence-electron chi connectivity index (χ0n) is 12.0. The highest BCUT2D eigenvalue weighted by Crippen LogP contribution is 2.37. The second kappa shape index (κ2) is 5.20. The minimum atomic E-state index is 0.0325. The van der Waals surface area contributed by atoms with E-state index in [1.807, 2.05) is 0 Å². The van der Waals surface area contributed by atoms with E-state index >= 15 is 0 Å². The van der Waals surface area contributed by atoms with E-state index in [-0.39, 0.29) is 23.3 Å². The fourth-order valence-electron chi connectivity index (χ4n) is 3.62. The summed E-state index contributed by atoms with van der Waals surface area (Å²) in [6, 6.07) is 0.387. The monoisotopic (exact) mass is 252 g/mol. The summed E-state index contributed by atoms with van der Waals surface area (Å²) in [4.78, 5) is 12.4. The molecule has 2 fully saturated rings. The van der Waals surface area contributed by atoms with Gasteiger partial charge in [-0.2, -0.15) is 0 Å². The van der Waals surface area contributed by atoms with Gasteiger partial charge in [0.05, 0.1) is 5.92 Å². The Morgan fingerprint density at radius 2 is 1.94 bits per heavy atom. The van der Waals surface area contributed by atoms with Crippen molar-refractivity contribution in [2.75, 3.05) is 0 Å². The van der Waals surface area contributed by atoms with Gasteiger partial charge in [0.15, 0.2) is 0 Å². The fraction of sp³-hybridized carbons (Fsp3) is 0.933. The largest absolute Gasteiger partial charge is 0.353 e. The lowest BCUT2D eigenvalue weighted by atomic mass is 9.77. The molecule has 4 atom stereocenters. The van der Waals surface area contributed by atoms with Crippen LogP contribution in [0, 0.1) is 17.3 Å². The first kappa shape index (κ1) is 13.9. The van der Waals surface area contributed by atoms with Crippen molar-refractivity contribution in [3.05, 3.63) is 0 Å². The van der Waals surface area contributed by atoms with Crippen molar-refractivity contribution in [1.29, 1.82) is 0 Å². The standard InChI is InChI=1S/C15H28N2O/c1-10-6-4-7-11(13(10)16)14(18)17-12-8-5-9-15(12,2)3/h10-13H,4-9,16H2,1-3H3,(H,17,18). The van der Waals surface area contributed by atoms with Gasteiger partial charge in [-0.3, -0.25) is 4.79 Å². The van der Waals surface area contributed by atoms with Gasteiger partial charge in [0.25, 0.3) is 0 Å². The topological polar surface area (TPSA) is 55.1 Å². The van der Waals surface area contributed by atoms with Gasteiger partial charge < -0.3 is 11.1 Å². The van der Waals surface area contributed by atoms with Gasteiger partial charge in [0, 0.05) is 12.1 Å². The molecule has 2 aliphatic carbocycles. The Morgan fingerprint density at radius 1 is 1.22 bits per heavy atom. The molecular formula is C15H28N2O. The molecule has 0 spiro atoms. The second-order valence-electron chi connectivity index (χ2n) is 7.03. The van der Waals surface area contributed by atoms with Crippen molar-refractivity contribution in [3.63, 3.8) is 0 Å². The summed E-state index contributed by atoms with van der Waals surface area (Å²) in [6.07, 6.45) is 6.83. The molecule has 3 nitrogen and oxygen atoms in total. The molecule has 3 N–H and O–H groups in total. The van der Waals surface area contributed by atoms with Crippen LogP contribution in [0.3, 0.4) is 0 Å². The van der Waals surface area contributed by atoms with Crippen LogP contribution in [0.2, 0.25) is 0 Å². The van der Waals surface area contributed by atoms with Crippen LogP contribution in [-0.2, 0) is 4.79 Å². The van der Waals surface area contributed by atoms with E-state index in [4.69, 9.17) is 5.73 Å². The van der Waals surface area contributed by atoms with Crippen molar-refractivity contribution in [2.45, 2.75) is 71.4 Å². The van der Waals surface area contributed by atoms with Crippen LogP contribution in [0.5, 0.6) is 0 Å². The summed E-state index contributed by atoms with van der Waals surface area (Å²) in [6.45, 7) is 6.69. The quantitative estimate of drug-likeness (QED) is 0.793. The Labute approximate surface area is 111 Å². The maximum absolute atomic E-state index is 12.4. The zero-order valence-corrected chi connectivity index (χ0v) is 12.0. The Kier molecular flexibility index (Phi) is 4.00. The van der Waals surface area contributed by atoms with Gasteiger partial charge >= 0.3 is 0 Å². The Balaban J connectivity index is 1.95. The van der Waals surface area contributed by atoms with Crippen LogP contribution in [0.4, 0.5) is 0 Å². The smallest absolute Gasteiger partial charge is 0.224 e. The molecule has 18 heavy (non-hydrogen) atoms. The number of nitrogens with two attached hydrogens (primary N) is 1. The maximum atomic E-state index is 12.4. The summed E-state index contributed by atoms with van der Waals surface area (Å²) < 4.78 is 0. The molecule has 1 amide bonds. The third kappa shape index (κ3) is 2.71. The normalized spacial score (nSPS) is 39.6.